The van der Waals surface area contributed by atoms with E-state index in [0.717, 1.165) is 35.8 Å². The molecule has 4 rings (SSSR count). The number of rotatable bonds is 4. The van der Waals surface area contributed by atoms with Crippen LogP contribution in [0.15, 0.2) is 47.8 Å². The van der Waals surface area contributed by atoms with E-state index in [1.165, 1.54) is 6.42 Å². The zero-order chi connectivity index (χ0) is 18.8. The van der Waals surface area contributed by atoms with E-state index in [1.807, 2.05) is 52.7 Å². The van der Waals surface area contributed by atoms with E-state index >= 15 is 0 Å². The molecule has 1 fully saturated rings. The Morgan fingerprint density at radius 2 is 1.96 bits per heavy atom. The first-order valence-electron chi connectivity index (χ1n) is 9.52. The molecule has 6 heteroatoms. The highest BCUT2D eigenvalue weighted by atomic mass is 32.1. The molecule has 0 N–H and O–H groups in total. The third-order valence-corrected chi connectivity index (χ3v) is 5.99. The van der Waals surface area contributed by atoms with Gasteiger partial charge in [0.15, 0.2) is 5.82 Å². The van der Waals surface area contributed by atoms with E-state index < -0.39 is 0 Å². The molecule has 1 aromatic carbocycles. The van der Waals surface area contributed by atoms with Gasteiger partial charge < -0.3 is 4.90 Å². The van der Waals surface area contributed by atoms with Crippen molar-refractivity contribution in [1.29, 1.82) is 0 Å². The van der Waals surface area contributed by atoms with Gasteiger partial charge in [-0.2, -0.15) is 0 Å². The van der Waals surface area contributed by atoms with Crippen LogP contribution in [-0.4, -0.2) is 38.2 Å². The molecule has 1 saturated heterocycles. The van der Waals surface area contributed by atoms with Crippen molar-refractivity contribution < 1.29 is 4.79 Å². The number of likely N-dealkylation sites (tertiary alicyclic amines) is 1. The molecule has 0 aliphatic carbocycles. The molecule has 0 bridgehead atoms. The number of nitrogens with zero attached hydrogens (tertiary/aromatic N) is 4. The minimum atomic E-state index is -0.0547. The van der Waals surface area contributed by atoms with Gasteiger partial charge in [0, 0.05) is 12.6 Å². The molecule has 1 unspecified atom stereocenters. The summed E-state index contributed by atoms with van der Waals surface area (Å²) in [7, 11) is 0. The van der Waals surface area contributed by atoms with Gasteiger partial charge in [-0.25, -0.2) is 9.67 Å². The number of hydrogen-bond acceptors (Lipinski definition) is 4. The van der Waals surface area contributed by atoms with Crippen molar-refractivity contribution in [1.82, 2.24) is 19.7 Å². The van der Waals surface area contributed by atoms with E-state index in [4.69, 9.17) is 0 Å². The summed E-state index contributed by atoms with van der Waals surface area (Å²) in [5.41, 5.74) is 0.909. The Labute approximate surface area is 163 Å². The fourth-order valence-corrected chi connectivity index (χ4v) is 4.45. The maximum Gasteiger partial charge on any atom is 0.293 e. The van der Waals surface area contributed by atoms with Crippen molar-refractivity contribution >= 4 is 17.2 Å². The van der Waals surface area contributed by atoms with Crippen molar-refractivity contribution in [2.75, 3.05) is 6.54 Å². The maximum atomic E-state index is 13.3. The van der Waals surface area contributed by atoms with Gasteiger partial charge in [0.2, 0.25) is 5.82 Å². The number of carbonyl (C=O) groups excluding carboxylic acids is 1. The number of aromatic nitrogens is 3. The summed E-state index contributed by atoms with van der Waals surface area (Å²) >= 11 is 1.60. The standard InChI is InChI=1S/C21H24N4OS/c1-15(2)17-11-6-7-13-24(17)21(26)19-22-20(18-12-8-14-27-18)25(23-19)16-9-4-3-5-10-16/h3-5,8-10,12,14-15,17H,6-7,11,13H2,1-2H3. The second-order valence-corrected chi connectivity index (χ2v) is 8.24. The molecule has 140 valence electrons. The summed E-state index contributed by atoms with van der Waals surface area (Å²) in [5, 5.41) is 6.64. The highest BCUT2D eigenvalue weighted by Crippen LogP contribution is 2.28. The molecule has 1 aliphatic heterocycles. The Morgan fingerprint density at radius 1 is 1.15 bits per heavy atom. The van der Waals surface area contributed by atoms with Gasteiger partial charge in [0.05, 0.1) is 10.6 Å². The van der Waals surface area contributed by atoms with Crippen molar-refractivity contribution in [3.63, 3.8) is 0 Å². The fourth-order valence-electron chi connectivity index (χ4n) is 3.75. The predicted molar refractivity (Wildman–Crippen MR) is 108 cm³/mol. The van der Waals surface area contributed by atoms with Crippen molar-refractivity contribution in [3.05, 3.63) is 53.7 Å². The first kappa shape index (κ1) is 17.9. The largest absolute Gasteiger partial charge is 0.333 e. The first-order valence-corrected chi connectivity index (χ1v) is 10.4. The van der Waals surface area contributed by atoms with E-state index in [1.54, 1.807) is 16.0 Å². The minimum Gasteiger partial charge on any atom is -0.333 e. The maximum absolute atomic E-state index is 13.3. The summed E-state index contributed by atoms with van der Waals surface area (Å²) in [6.07, 6.45) is 3.28. The van der Waals surface area contributed by atoms with Crippen LogP contribution in [0.3, 0.4) is 0 Å². The Morgan fingerprint density at radius 3 is 2.67 bits per heavy atom. The molecule has 3 aromatic rings. The van der Waals surface area contributed by atoms with Crippen molar-refractivity contribution in [3.8, 4) is 16.4 Å². The normalized spacial score (nSPS) is 17.4. The van der Waals surface area contributed by atoms with Gasteiger partial charge >= 0.3 is 0 Å². The quantitative estimate of drug-likeness (QED) is 0.662. The smallest absolute Gasteiger partial charge is 0.293 e. The number of benzene rings is 1. The van der Waals surface area contributed by atoms with Crippen molar-refractivity contribution in [2.24, 2.45) is 5.92 Å². The van der Waals surface area contributed by atoms with E-state index in [2.05, 4.69) is 23.9 Å². The van der Waals surface area contributed by atoms with Gasteiger partial charge in [-0.15, -0.1) is 16.4 Å². The second kappa shape index (κ2) is 7.64. The van der Waals surface area contributed by atoms with E-state index in [9.17, 15) is 4.79 Å². The van der Waals surface area contributed by atoms with E-state index in [-0.39, 0.29) is 17.8 Å². The monoisotopic (exact) mass is 380 g/mol. The zero-order valence-corrected chi connectivity index (χ0v) is 16.5. The lowest BCUT2D eigenvalue weighted by atomic mass is 9.92. The van der Waals surface area contributed by atoms with Crippen LogP contribution in [-0.2, 0) is 0 Å². The van der Waals surface area contributed by atoms with Crippen molar-refractivity contribution in [2.45, 2.75) is 39.2 Å². The third-order valence-electron chi connectivity index (χ3n) is 5.12. The highest BCUT2D eigenvalue weighted by Gasteiger charge is 2.32. The van der Waals surface area contributed by atoms with Gasteiger partial charge in [-0.05, 0) is 48.8 Å². The molecule has 1 aliphatic rings. The summed E-state index contributed by atoms with van der Waals surface area (Å²) in [6.45, 7) is 5.16. The summed E-state index contributed by atoms with van der Waals surface area (Å²) < 4.78 is 1.79. The molecule has 2 aromatic heterocycles. The zero-order valence-electron chi connectivity index (χ0n) is 15.7. The van der Waals surface area contributed by atoms with Crippen LogP contribution in [0.1, 0.15) is 43.7 Å². The molecule has 5 nitrogen and oxygen atoms in total. The summed E-state index contributed by atoms with van der Waals surface area (Å²) in [6, 6.07) is 14.1. The molecule has 1 atom stereocenters. The number of amides is 1. The van der Waals surface area contributed by atoms with E-state index in [0.29, 0.717) is 5.92 Å². The van der Waals surface area contributed by atoms with Crippen LogP contribution in [0.2, 0.25) is 0 Å². The van der Waals surface area contributed by atoms with Gasteiger partial charge in [-0.1, -0.05) is 38.1 Å². The summed E-state index contributed by atoms with van der Waals surface area (Å²) in [4.78, 5) is 20.9. The average Bonchev–Trinajstić information content (AvgIpc) is 3.37. The SMILES string of the molecule is CC(C)C1CCCCN1C(=O)c1nc(-c2cccs2)n(-c2ccccc2)n1. The average molecular weight is 381 g/mol. The number of para-hydroxylation sites is 1. The Bertz CT molecular complexity index is 902. The molecular formula is C21H24N4OS. The number of thiophene rings is 1. The Balaban J connectivity index is 1.74. The lowest BCUT2D eigenvalue weighted by Crippen LogP contribution is -2.46. The molecular weight excluding hydrogens is 356 g/mol. The van der Waals surface area contributed by atoms with Crippen LogP contribution >= 0.6 is 11.3 Å². The second-order valence-electron chi connectivity index (χ2n) is 7.29. The van der Waals surface area contributed by atoms with Gasteiger partial charge in [0.25, 0.3) is 5.91 Å². The molecule has 3 heterocycles. The molecule has 0 radical (unpaired) electrons. The molecule has 27 heavy (non-hydrogen) atoms. The molecule has 1 amide bonds. The number of hydrogen-bond donors (Lipinski definition) is 0. The van der Waals surface area contributed by atoms with Crippen LogP contribution < -0.4 is 0 Å². The van der Waals surface area contributed by atoms with Crippen LogP contribution in [0.4, 0.5) is 0 Å². The molecule has 0 saturated carbocycles. The first-order chi connectivity index (χ1) is 13.1. The molecule has 0 spiro atoms. The number of carbonyl (C=O) groups is 1. The Kier molecular flexibility index (Phi) is 5.07. The number of piperidine rings is 1. The fraction of sp³-hybridized carbons (Fsp3) is 0.381. The predicted octanol–water partition coefficient (Wildman–Crippen LogP) is 4.65. The third kappa shape index (κ3) is 3.54. The lowest BCUT2D eigenvalue weighted by molar-refractivity contribution is 0.0531. The highest BCUT2D eigenvalue weighted by molar-refractivity contribution is 7.13. The lowest BCUT2D eigenvalue weighted by Gasteiger charge is -2.37. The van der Waals surface area contributed by atoms with Crippen LogP contribution in [0, 0.1) is 5.92 Å². The topological polar surface area (TPSA) is 51.0 Å². The van der Waals surface area contributed by atoms with Crippen LogP contribution in [0.25, 0.3) is 16.4 Å². The van der Waals surface area contributed by atoms with Crippen LogP contribution in [0.5, 0.6) is 0 Å². The summed E-state index contributed by atoms with van der Waals surface area (Å²) in [5.74, 6) is 1.38. The van der Waals surface area contributed by atoms with Gasteiger partial charge in [-0.3, -0.25) is 4.79 Å². The Hall–Kier alpha value is -2.47. The van der Waals surface area contributed by atoms with Gasteiger partial charge in [0.1, 0.15) is 0 Å². The minimum absolute atomic E-state index is 0.0547.